The van der Waals surface area contributed by atoms with Gasteiger partial charge in [0.2, 0.25) is 0 Å². The summed E-state index contributed by atoms with van der Waals surface area (Å²) in [6, 6.07) is 14.9. The molecule has 1 aliphatic heterocycles. The van der Waals surface area contributed by atoms with Gasteiger partial charge in [-0.25, -0.2) is 4.39 Å². The molecule has 0 aromatic heterocycles. The quantitative estimate of drug-likeness (QED) is 0.844. The van der Waals surface area contributed by atoms with Crippen molar-refractivity contribution in [3.63, 3.8) is 0 Å². The van der Waals surface area contributed by atoms with Crippen molar-refractivity contribution in [3.8, 4) is 6.07 Å². The lowest BCUT2D eigenvalue weighted by Gasteiger charge is -2.37. The molecule has 2 aromatic carbocycles. The number of halogens is 2. The first-order valence-corrected chi connectivity index (χ1v) is 8.40. The highest BCUT2D eigenvalue weighted by Gasteiger charge is 2.27. The van der Waals surface area contributed by atoms with E-state index in [1.807, 2.05) is 17.0 Å². The summed E-state index contributed by atoms with van der Waals surface area (Å²) in [5.74, 6) is -0.601. The standard InChI is InChI=1S/C19H17ClFN3O/c20-16-6-4-14(5-7-16)18(13-22)23-8-10-24(11-9-23)19(25)15-2-1-3-17(21)12-15/h1-7,12,18H,8-11H2. The second-order valence-corrected chi connectivity index (χ2v) is 6.36. The van der Waals surface area contributed by atoms with Gasteiger partial charge >= 0.3 is 0 Å². The van der Waals surface area contributed by atoms with Crippen LogP contribution < -0.4 is 0 Å². The van der Waals surface area contributed by atoms with Crippen LogP contribution in [0.2, 0.25) is 5.02 Å². The van der Waals surface area contributed by atoms with Gasteiger partial charge in [-0.05, 0) is 35.9 Å². The van der Waals surface area contributed by atoms with E-state index in [-0.39, 0.29) is 11.9 Å². The number of rotatable bonds is 3. The fraction of sp³-hybridized carbons (Fsp3) is 0.263. The number of amides is 1. The van der Waals surface area contributed by atoms with Crippen molar-refractivity contribution in [2.45, 2.75) is 6.04 Å². The van der Waals surface area contributed by atoms with Crippen molar-refractivity contribution in [1.29, 1.82) is 5.26 Å². The molecule has 0 saturated carbocycles. The second-order valence-electron chi connectivity index (χ2n) is 5.92. The average molecular weight is 358 g/mol. The number of nitriles is 1. The smallest absolute Gasteiger partial charge is 0.254 e. The Balaban J connectivity index is 1.65. The Bertz CT molecular complexity index is 795. The average Bonchev–Trinajstić information content (AvgIpc) is 2.64. The summed E-state index contributed by atoms with van der Waals surface area (Å²) in [5, 5.41) is 10.2. The highest BCUT2D eigenvalue weighted by molar-refractivity contribution is 6.30. The number of hydrogen-bond donors (Lipinski definition) is 0. The minimum Gasteiger partial charge on any atom is -0.336 e. The van der Waals surface area contributed by atoms with Crippen LogP contribution in [0.3, 0.4) is 0 Å². The lowest BCUT2D eigenvalue weighted by atomic mass is 10.1. The molecule has 128 valence electrons. The summed E-state index contributed by atoms with van der Waals surface area (Å²) in [6.07, 6.45) is 0. The maximum Gasteiger partial charge on any atom is 0.254 e. The molecule has 1 saturated heterocycles. The van der Waals surface area contributed by atoms with Crippen LogP contribution in [0.1, 0.15) is 22.0 Å². The molecule has 1 heterocycles. The van der Waals surface area contributed by atoms with Gasteiger partial charge in [-0.2, -0.15) is 5.26 Å². The Hall–Kier alpha value is -2.42. The van der Waals surface area contributed by atoms with Crippen molar-refractivity contribution < 1.29 is 9.18 Å². The van der Waals surface area contributed by atoms with E-state index < -0.39 is 5.82 Å². The van der Waals surface area contributed by atoms with E-state index in [9.17, 15) is 14.4 Å². The van der Waals surface area contributed by atoms with E-state index in [0.29, 0.717) is 36.8 Å². The molecule has 0 radical (unpaired) electrons. The lowest BCUT2D eigenvalue weighted by molar-refractivity contribution is 0.0606. The Morgan fingerprint density at radius 1 is 1.12 bits per heavy atom. The molecule has 0 spiro atoms. The van der Waals surface area contributed by atoms with Crippen LogP contribution >= 0.6 is 11.6 Å². The third kappa shape index (κ3) is 3.98. The van der Waals surface area contributed by atoms with Gasteiger partial charge in [-0.3, -0.25) is 9.69 Å². The summed E-state index contributed by atoms with van der Waals surface area (Å²) in [6.45, 7) is 2.17. The molecule has 4 nitrogen and oxygen atoms in total. The van der Waals surface area contributed by atoms with E-state index in [1.165, 1.54) is 18.2 Å². The highest BCUT2D eigenvalue weighted by atomic mass is 35.5. The van der Waals surface area contributed by atoms with Crippen molar-refractivity contribution in [3.05, 3.63) is 70.5 Å². The zero-order chi connectivity index (χ0) is 17.8. The van der Waals surface area contributed by atoms with Gasteiger partial charge < -0.3 is 4.90 Å². The maximum atomic E-state index is 13.3. The van der Waals surface area contributed by atoms with Gasteiger partial charge in [0, 0.05) is 36.8 Å². The van der Waals surface area contributed by atoms with Gasteiger partial charge in [0.15, 0.2) is 0 Å². The van der Waals surface area contributed by atoms with Gasteiger partial charge in [0.25, 0.3) is 5.91 Å². The van der Waals surface area contributed by atoms with Crippen molar-refractivity contribution in [1.82, 2.24) is 9.80 Å². The molecule has 0 N–H and O–H groups in total. The van der Waals surface area contributed by atoms with Crippen LogP contribution in [0.15, 0.2) is 48.5 Å². The fourth-order valence-corrected chi connectivity index (χ4v) is 3.13. The largest absolute Gasteiger partial charge is 0.336 e. The summed E-state index contributed by atoms with van der Waals surface area (Å²) < 4.78 is 13.3. The number of benzene rings is 2. The summed E-state index contributed by atoms with van der Waals surface area (Å²) in [4.78, 5) is 16.2. The zero-order valence-electron chi connectivity index (χ0n) is 13.5. The van der Waals surface area contributed by atoms with Gasteiger partial charge in [-0.1, -0.05) is 29.8 Å². The van der Waals surface area contributed by atoms with Gasteiger partial charge in [-0.15, -0.1) is 0 Å². The number of hydrogen-bond acceptors (Lipinski definition) is 3. The molecule has 25 heavy (non-hydrogen) atoms. The first kappa shape index (κ1) is 17.4. The van der Waals surface area contributed by atoms with E-state index in [0.717, 1.165) is 5.56 Å². The topological polar surface area (TPSA) is 47.3 Å². The molecule has 0 bridgehead atoms. The Morgan fingerprint density at radius 3 is 2.40 bits per heavy atom. The predicted octanol–water partition coefficient (Wildman–Crippen LogP) is 3.50. The molecule has 3 rings (SSSR count). The molecular weight excluding hydrogens is 341 g/mol. The second kappa shape index (κ2) is 7.64. The highest BCUT2D eigenvalue weighted by Crippen LogP contribution is 2.23. The molecule has 2 aromatic rings. The monoisotopic (exact) mass is 357 g/mol. The van der Waals surface area contributed by atoms with Gasteiger partial charge in [0.05, 0.1) is 6.07 Å². The van der Waals surface area contributed by atoms with Crippen molar-refractivity contribution in [2.24, 2.45) is 0 Å². The van der Waals surface area contributed by atoms with E-state index in [2.05, 4.69) is 6.07 Å². The normalized spacial score (nSPS) is 16.3. The molecule has 1 aliphatic rings. The molecule has 1 fully saturated rings. The first-order chi connectivity index (χ1) is 12.1. The van der Waals surface area contributed by atoms with Crippen LogP contribution in [0.5, 0.6) is 0 Å². The number of piperazine rings is 1. The third-order valence-corrected chi connectivity index (χ3v) is 4.60. The van der Waals surface area contributed by atoms with E-state index >= 15 is 0 Å². The van der Waals surface area contributed by atoms with E-state index in [1.54, 1.807) is 23.1 Å². The number of carbonyl (C=O) groups excluding carboxylic acids is 1. The summed E-state index contributed by atoms with van der Waals surface area (Å²) in [5.41, 5.74) is 1.24. The molecular formula is C19H17ClFN3O. The lowest BCUT2D eigenvalue weighted by Crippen LogP contribution is -2.49. The van der Waals surface area contributed by atoms with Crippen molar-refractivity contribution >= 4 is 17.5 Å². The molecule has 1 atom stereocenters. The Labute approximate surface area is 151 Å². The molecule has 1 amide bonds. The molecule has 1 unspecified atom stereocenters. The van der Waals surface area contributed by atoms with Crippen LogP contribution in [-0.4, -0.2) is 41.9 Å². The minimum absolute atomic E-state index is 0.181. The summed E-state index contributed by atoms with van der Waals surface area (Å²) >= 11 is 5.90. The SMILES string of the molecule is N#CC(c1ccc(Cl)cc1)N1CCN(C(=O)c2cccc(F)c2)CC1. The third-order valence-electron chi connectivity index (χ3n) is 4.35. The molecule has 6 heteroatoms. The number of nitrogens with zero attached hydrogens (tertiary/aromatic N) is 3. The minimum atomic E-state index is -0.420. The fourth-order valence-electron chi connectivity index (χ4n) is 3.00. The summed E-state index contributed by atoms with van der Waals surface area (Å²) in [7, 11) is 0. The Morgan fingerprint density at radius 2 is 1.80 bits per heavy atom. The van der Waals surface area contributed by atoms with Crippen LogP contribution in [-0.2, 0) is 0 Å². The predicted molar refractivity (Wildman–Crippen MR) is 93.7 cm³/mol. The zero-order valence-corrected chi connectivity index (χ0v) is 14.3. The first-order valence-electron chi connectivity index (χ1n) is 8.02. The van der Waals surface area contributed by atoms with Crippen LogP contribution in [0.4, 0.5) is 4.39 Å². The van der Waals surface area contributed by atoms with Crippen LogP contribution in [0.25, 0.3) is 0 Å². The van der Waals surface area contributed by atoms with Crippen LogP contribution in [0, 0.1) is 17.1 Å². The van der Waals surface area contributed by atoms with Crippen molar-refractivity contribution in [2.75, 3.05) is 26.2 Å². The van der Waals surface area contributed by atoms with E-state index in [4.69, 9.17) is 11.6 Å². The van der Waals surface area contributed by atoms with Gasteiger partial charge in [0.1, 0.15) is 11.9 Å². The molecule has 0 aliphatic carbocycles. The number of carbonyl (C=O) groups is 1. The Kier molecular flexibility index (Phi) is 5.32. The maximum absolute atomic E-state index is 13.3.